The van der Waals surface area contributed by atoms with Crippen molar-refractivity contribution in [3.05, 3.63) is 46.8 Å². The molecule has 6 nitrogen and oxygen atoms in total. The summed E-state index contributed by atoms with van der Waals surface area (Å²) in [5.41, 5.74) is 3.62. The Labute approximate surface area is 153 Å². The van der Waals surface area contributed by atoms with Gasteiger partial charge >= 0.3 is 0 Å². The number of aromatic amines is 1. The van der Waals surface area contributed by atoms with E-state index < -0.39 is 0 Å². The molecular formula is C20H26N4O2. The smallest absolute Gasteiger partial charge is 0.272 e. The Morgan fingerprint density at radius 1 is 1.19 bits per heavy atom. The van der Waals surface area contributed by atoms with Gasteiger partial charge in [0, 0.05) is 37.3 Å². The highest BCUT2D eigenvalue weighted by atomic mass is 16.5. The number of H-pyrrole nitrogens is 1. The summed E-state index contributed by atoms with van der Waals surface area (Å²) in [6.07, 6.45) is 7.41. The Hall–Kier alpha value is -2.34. The van der Waals surface area contributed by atoms with Crippen LogP contribution in [0.2, 0.25) is 0 Å². The first kappa shape index (κ1) is 17.1. The van der Waals surface area contributed by atoms with Crippen molar-refractivity contribution in [3.8, 4) is 5.75 Å². The van der Waals surface area contributed by atoms with Crippen LogP contribution in [0.25, 0.3) is 0 Å². The first-order valence-corrected chi connectivity index (χ1v) is 9.60. The van der Waals surface area contributed by atoms with Crippen LogP contribution in [0.3, 0.4) is 0 Å². The lowest BCUT2D eigenvalue weighted by atomic mass is 9.98. The predicted molar refractivity (Wildman–Crippen MR) is 99.1 cm³/mol. The fourth-order valence-corrected chi connectivity index (χ4v) is 3.74. The summed E-state index contributed by atoms with van der Waals surface area (Å²) in [5, 5.41) is 13.4. The molecule has 3 N–H and O–H groups in total. The van der Waals surface area contributed by atoms with Crippen molar-refractivity contribution >= 4 is 5.91 Å². The number of carbonyl (C=O) groups excluding carboxylic acids is 1. The molecule has 1 aliphatic carbocycles. The molecule has 1 fully saturated rings. The summed E-state index contributed by atoms with van der Waals surface area (Å²) in [6, 6.07) is 8.02. The number of amides is 1. The van der Waals surface area contributed by atoms with E-state index in [1.165, 1.54) is 19.3 Å². The fourth-order valence-electron chi connectivity index (χ4n) is 3.74. The van der Waals surface area contributed by atoms with Crippen molar-refractivity contribution < 1.29 is 9.53 Å². The van der Waals surface area contributed by atoms with Gasteiger partial charge in [-0.2, -0.15) is 5.10 Å². The Bertz CT molecular complexity index is 748. The Kier molecular flexibility index (Phi) is 5.20. The Balaban J connectivity index is 1.31. The third-order valence-corrected chi connectivity index (χ3v) is 5.25. The quantitative estimate of drug-likeness (QED) is 0.771. The minimum Gasteiger partial charge on any atom is -0.490 e. The molecule has 138 valence electrons. The minimum absolute atomic E-state index is 0.131. The summed E-state index contributed by atoms with van der Waals surface area (Å²) in [7, 11) is 0. The number of nitrogens with zero attached hydrogens (tertiary/aromatic N) is 1. The monoisotopic (exact) mass is 354 g/mol. The van der Waals surface area contributed by atoms with Crippen LogP contribution < -0.4 is 15.4 Å². The highest BCUT2D eigenvalue weighted by Gasteiger charge is 2.21. The number of hydrogen-bond acceptors (Lipinski definition) is 4. The zero-order valence-electron chi connectivity index (χ0n) is 15.0. The number of fused-ring (bicyclic) bond motifs is 1. The molecule has 26 heavy (non-hydrogen) atoms. The normalized spacial score (nSPS) is 17.5. The van der Waals surface area contributed by atoms with Crippen LogP contribution in [0.15, 0.2) is 24.3 Å². The molecular weight excluding hydrogens is 328 g/mol. The van der Waals surface area contributed by atoms with E-state index in [1.807, 2.05) is 24.3 Å². The lowest BCUT2D eigenvalue weighted by Gasteiger charge is -2.23. The van der Waals surface area contributed by atoms with Gasteiger partial charge in [0.1, 0.15) is 5.75 Å². The lowest BCUT2D eigenvalue weighted by Crippen LogP contribution is -2.28. The first-order chi connectivity index (χ1) is 12.8. The van der Waals surface area contributed by atoms with Gasteiger partial charge in [-0.25, -0.2) is 0 Å². The second kappa shape index (κ2) is 7.91. The van der Waals surface area contributed by atoms with Crippen molar-refractivity contribution in [2.45, 2.75) is 57.7 Å². The SMILES string of the molecule is O=C(NCc1ccc(OC2CCCCC2)cc1)c1n[nH]c2c1CNCC2. The van der Waals surface area contributed by atoms with Crippen LogP contribution in [0.5, 0.6) is 5.75 Å². The maximum absolute atomic E-state index is 12.4. The molecule has 0 saturated heterocycles. The molecule has 2 aromatic rings. The molecule has 6 heteroatoms. The number of carbonyl (C=O) groups is 1. The summed E-state index contributed by atoms with van der Waals surface area (Å²) in [5.74, 6) is 0.785. The third kappa shape index (κ3) is 3.90. The number of benzene rings is 1. The van der Waals surface area contributed by atoms with Crippen LogP contribution in [-0.2, 0) is 19.5 Å². The van der Waals surface area contributed by atoms with Crippen molar-refractivity contribution in [2.75, 3.05) is 6.54 Å². The van der Waals surface area contributed by atoms with Gasteiger partial charge in [0.05, 0.1) is 6.10 Å². The third-order valence-electron chi connectivity index (χ3n) is 5.25. The number of aromatic nitrogens is 2. The van der Waals surface area contributed by atoms with Crippen LogP contribution in [0, 0.1) is 0 Å². The van der Waals surface area contributed by atoms with Gasteiger partial charge in [-0.15, -0.1) is 0 Å². The molecule has 0 spiro atoms. The Morgan fingerprint density at radius 2 is 2.00 bits per heavy atom. The molecule has 0 unspecified atom stereocenters. The largest absolute Gasteiger partial charge is 0.490 e. The summed E-state index contributed by atoms with van der Waals surface area (Å²) < 4.78 is 6.05. The van der Waals surface area contributed by atoms with Crippen molar-refractivity contribution in [1.82, 2.24) is 20.8 Å². The van der Waals surface area contributed by atoms with E-state index in [1.54, 1.807) is 0 Å². The average Bonchev–Trinajstić information content (AvgIpc) is 3.12. The van der Waals surface area contributed by atoms with Crippen LogP contribution >= 0.6 is 0 Å². The molecule has 0 atom stereocenters. The van der Waals surface area contributed by atoms with E-state index >= 15 is 0 Å². The van der Waals surface area contributed by atoms with E-state index in [4.69, 9.17) is 4.74 Å². The van der Waals surface area contributed by atoms with Gasteiger partial charge in [-0.1, -0.05) is 18.6 Å². The van der Waals surface area contributed by atoms with Crippen LogP contribution in [0.4, 0.5) is 0 Å². The summed E-state index contributed by atoms with van der Waals surface area (Å²) in [4.78, 5) is 12.4. The molecule has 0 bridgehead atoms. The minimum atomic E-state index is -0.131. The molecule has 0 radical (unpaired) electrons. The zero-order valence-corrected chi connectivity index (χ0v) is 15.0. The van der Waals surface area contributed by atoms with Gasteiger partial charge in [0.25, 0.3) is 5.91 Å². The van der Waals surface area contributed by atoms with Crippen molar-refractivity contribution in [3.63, 3.8) is 0 Å². The molecule has 1 aromatic heterocycles. The van der Waals surface area contributed by atoms with Crippen LogP contribution in [-0.4, -0.2) is 28.8 Å². The maximum atomic E-state index is 12.4. The topological polar surface area (TPSA) is 79.0 Å². The van der Waals surface area contributed by atoms with E-state index in [-0.39, 0.29) is 5.91 Å². The summed E-state index contributed by atoms with van der Waals surface area (Å²) >= 11 is 0. The van der Waals surface area contributed by atoms with E-state index in [0.29, 0.717) is 24.9 Å². The highest BCUT2D eigenvalue weighted by molar-refractivity contribution is 5.94. The van der Waals surface area contributed by atoms with E-state index in [9.17, 15) is 4.79 Å². The van der Waals surface area contributed by atoms with Gasteiger partial charge in [0.15, 0.2) is 5.69 Å². The molecule has 2 heterocycles. The second-order valence-corrected chi connectivity index (χ2v) is 7.16. The molecule has 1 aromatic carbocycles. The fraction of sp³-hybridized carbons (Fsp3) is 0.500. The maximum Gasteiger partial charge on any atom is 0.272 e. The molecule has 2 aliphatic rings. The standard InChI is InChI=1S/C20H26N4O2/c25-20(19-17-13-21-11-10-18(17)23-24-19)22-12-14-6-8-16(9-7-14)26-15-4-2-1-3-5-15/h6-9,15,21H,1-5,10-13H2,(H,22,25)(H,23,24). The number of ether oxygens (including phenoxy) is 1. The van der Waals surface area contributed by atoms with E-state index in [2.05, 4.69) is 20.8 Å². The van der Waals surface area contributed by atoms with Gasteiger partial charge in [-0.3, -0.25) is 9.89 Å². The number of rotatable bonds is 5. The lowest BCUT2D eigenvalue weighted by molar-refractivity contribution is 0.0944. The van der Waals surface area contributed by atoms with Crippen LogP contribution in [0.1, 0.15) is 59.4 Å². The highest BCUT2D eigenvalue weighted by Crippen LogP contribution is 2.23. The average molecular weight is 354 g/mol. The molecule has 1 amide bonds. The second-order valence-electron chi connectivity index (χ2n) is 7.16. The predicted octanol–water partition coefficient (Wildman–Crippen LogP) is 2.70. The molecule has 4 rings (SSSR count). The summed E-state index contributed by atoms with van der Waals surface area (Å²) in [6.45, 7) is 2.10. The van der Waals surface area contributed by atoms with Gasteiger partial charge in [-0.05, 0) is 43.4 Å². The zero-order chi connectivity index (χ0) is 17.8. The number of hydrogen-bond donors (Lipinski definition) is 3. The van der Waals surface area contributed by atoms with Crippen molar-refractivity contribution in [2.24, 2.45) is 0 Å². The Morgan fingerprint density at radius 3 is 2.81 bits per heavy atom. The molecule has 1 saturated carbocycles. The van der Waals surface area contributed by atoms with E-state index in [0.717, 1.165) is 48.4 Å². The first-order valence-electron chi connectivity index (χ1n) is 9.60. The van der Waals surface area contributed by atoms with Crippen molar-refractivity contribution in [1.29, 1.82) is 0 Å². The number of nitrogens with one attached hydrogen (secondary N) is 3. The molecule has 1 aliphatic heterocycles. The van der Waals surface area contributed by atoms with Gasteiger partial charge < -0.3 is 15.4 Å². The van der Waals surface area contributed by atoms with Gasteiger partial charge in [0.2, 0.25) is 0 Å².